The maximum absolute atomic E-state index is 13.2. The highest BCUT2D eigenvalue weighted by Gasteiger charge is 2.57. The van der Waals surface area contributed by atoms with Gasteiger partial charge in [-0.25, -0.2) is 0 Å². The number of Topliss-reactive ketones (excluding diaryl/α,β-unsaturated/α-hetero) is 1. The molecule has 0 aromatic heterocycles. The molecule has 0 amide bonds. The molecule has 0 spiro atoms. The monoisotopic (exact) mass is 464 g/mol. The zero-order valence-electron chi connectivity index (χ0n) is 20.5. The predicted molar refractivity (Wildman–Crippen MR) is 121 cm³/mol. The smallest absolute Gasteiger partial charge is 0.317 e. The first-order valence-corrected chi connectivity index (χ1v) is 11.2. The number of carbonyl (C=O) groups is 3. The number of aliphatic hydroxyl groups is 1. The molecule has 0 bridgehead atoms. The van der Waals surface area contributed by atoms with E-state index in [2.05, 4.69) is 0 Å². The van der Waals surface area contributed by atoms with E-state index in [4.69, 9.17) is 18.9 Å². The molecule has 0 radical (unpaired) electrons. The largest absolute Gasteiger partial charge is 0.493 e. The zero-order valence-corrected chi connectivity index (χ0v) is 20.5. The number of hydrogen-bond donors (Lipinski definition) is 1. The van der Waals surface area contributed by atoms with Gasteiger partial charge >= 0.3 is 11.9 Å². The first-order valence-electron chi connectivity index (χ1n) is 11.2. The molecule has 0 unspecified atom stereocenters. The van der Waals surface area contributed by atoms with Crippen LogP contribution in [0.25, 0.3) is 0 Å². The summed E-state index contributed by atoms with van der Waals surface area (Å²) in [6.07, 6.45) is -0.361. The predicted octanol–water partition coefficient (Wildman–Crippen LogP) is 3.14. The Kier molecular flexibility index (Phi) is 8.89. The van der Waals surface area contributed by atoms with Crippen LogP contribution >= 0.6 is 0 Å². The Bertz CT molecular complexity index is 858. The Morgan fingerprint density at radius 2 is 1.55 bits per heavy atom. The van der Waals surface area contributed by atoms with Crippen LogP contribution < -0.4 is 9.47 Å². The van der Waals surface area contributed by atoms with Gasteiger partial charge in [-0.15, -0.1) is 0 Å². The first kappa shape index (κ1) is 26.6. The zero-order chi connectivity index (χ0) is 24.9. The second kappa shape index (κ2) is 11.0. The lowest BCUT2D eigenvalue weighted by Gasteiger charge is -2.43. The molecule has 1 aromatic carbocycles. The minimum atomic E-state index is -1.71. The summed E-state index contributed by atoms with van der Waals surface area (Å²) in [5.74, 6) is -4.32. The maximum atomic E-state index is 13.2. The van der Waals surface area contributed by atoms with E-state index in [9.17, 15) is 19.5 Å². The second-order valence-electron chi connectivity index (χ2n) is 9.64. The molecule has 1 saturated carbocycles. The number of esters is 2. The van der Waals surface area contributed by atoms with Gasteiger partial charge in [0, 0.05) is 12.3 Å². The molecule has 1 N–H and O–H groups in total. The Morgan fingerprint density at radius 1 is 1.00 bits per heavy atom. The Labute approximate surface area is 195 Å². The molecule has 0 heterocycles. The fourth-order valence-electron chi connectivity index (χ4n) is 4.15. The summed E-state index contributed by atoms with van der Waals surface area (Å²) in [5.41, 5.74) is -1.24. The van der Waals surface area contributed by atoms with Gasteiger partial charge in [-0.05, 0) is 36.5 Å². The number of ether oxygens (including phenoxy) is 4. The number of benzene rings is 1. The number of ketones is 1. The molecule has 184 valence electrons. The van der Waals surface area contributed by atoms with Crippen LogP contribution in [0.15, 0.2) is 18.2 Å². The SMILES string of the molecule is COc1ccc([C@@H]2[C@@H](C(=O)OCC(C)C)C(=O)C[C@@](C)(O)[C@@H]2C(=O)OCC(C)C)cc1OC. The summed E-state index contributed by atoms with van der Waals surface area (Å²) < 4.78 is 21.6. The highest BCUT2D eigenvalue weighted by Crippen LogP contribution is 2.48. The van der Waals surface area contributed by atoms with Crippen LogP contribution in [0.4, 0.5) is 0 Å². The third-order valence-corrected chi connectivity index (χ3v) is 5.69. The van der Waals surface area contributed by atoms with Crippen molar-refractivity contribution in [3.05, 3.63) is 23.8 Å². The number of methoxy groups -OCH3 is 2. The molecule has 1 aliphatic carbocycles. The second-order valence-corrected chi connectivity index (χ2v) is 9.64. The van der Waals surface area contributed by atoms with Gasteiger partial charge in [-0.3, -0.25) is 14.4 Å². The van der Waals surface area contributed by atoms with Crippen LogP contribution in [0, 0.1) is 23.7 Å². The van der Waals surface area contributed by atoms with Gasteiger partial charge in [0.25, 0.3) is 0 Å². The maximum Gasteiger partial charge on any atom is 0.317 e. The first-order chi connectivity index (χ1) is 15.4. The van der Waals surface area contributed by atoms with Crippen molar-refractivity contribution in [2.75, 3.05) is 27.4 Å². The van der Waals surface area contributed by atoms with Crippen molar-refractivity contribution in [2.24, 2.45) is 23.7 Å². The van der Waals surface area contributed by atoms with Crippen LogP contribution in [0.5, 0.6) is 11.5 Å². The number of carbonyl (C=O) groups excluding carboxylic acids is 3. The summed E-state index contributed by atoms with van der Waals surface area (Å²) in [4.78, 5) is 39.4. The Morgan fingerprint density at radius 3 is 2.06 bits per heavy atom. The van der Waals surface area contributed by atoms with Gasteiger partial charge in [0.15, 0.2) is 17.3 Å². The van der Waals surface area contributed by atoms with E-state index >= 15 is 0 Å². The van der Waals surface area contributed by atoms with Crippen molar-refractivity contribution in [3.8, 4) is 11.5 Å². The van der Waals surface area contributed by atoms with Gasteiger partial charge in [-0.1, -0.05) is 33.8 Å². The molecule has 1 aliphatic rings. The van der Waals surface area contributed by atoms with Crippen molar-refractivity contribution >= 4 is 17.7 Å². The summed E-state index contributed by atoms with van der Waals surface area (Å²) >= 11 is 0. The standard InChI is InChI=1S/C25H36O8/c1-14(2)12-32-23(27)21-17(26)11-25(5,29)22(24(28)33-13-15(3)4)20(21)16-8-9-18(30-6)19(10-16)31-7/h8-10,14-15,20-22,29H,11-13H2,1-7H3/t20-,21+,22+,25-/m1/s1. The van der Waals surface area contributed by atoms with Gasteiger partial charge < -0.3 is 24.1 Å². The van der Waals surface area contributed by atoms with E-state index in [1.807, 2.05) is 27.7 Å². The van der Waals surface area contributed by atoms with E-state index in [-0.39, 0.29) is 31.5 Å². The van der Waals surface area contributed by atoms with Crippen LogP contribution in [-0.2, 0) is 23.9 Å². The van der Waals surface area contributed by atoms with Crippen LogP contribution in [-0.4, -0.2) is 55.9 Å². The quantitative estimate of drug-likeness (QED) is 0.439. The molecule has 1 aromatic rings. The van der Waals surface area contributed by atoms with Crippen LogP contribution in [0.3, 0.4) is 0 Å². The number of hydrogen-bond acceptors (Lipinski definition) is 8. The third kappa shape index (κ3) is 6.25. The number of rotatable bonds is 9. The Hall–Kier alpha value is -2.61. The van der Waals surface area contributed by atoms with Crippen molar-refractivity contribution < 1.29 is 38.4 Å². The van der Waals surface area contributed by atoms with Gasteiger partial charge in [0.1, 0.15) is 5.92 Å². The summed E-state index contributed by atoms with van der Waals surface area (Å²) in [5, 5.41) is 11.2. The molecule has 0 saturated heterocycles. The molecule has 1 fully saturated rings. The topological polar surface area (TPSA) is 108 Å². The molecular weight excluding hydrogens is 428 g/mol. The molecule has 4 atom stereocenters. The minimum Gasteiger partial charge on any atom is -0.493 e. The summed E-state index contributed by atoms with van der Waals surface area (Å²) in [6.45, 7) is 9.29. The van der Waals surface area contributed by atoms with Crippen LogP contribution in [0.1, 0.15) is 52.5 Å². The Balaban J connectivity index is 2.61. The molecular formula is C25H36O8. The molecule has 8 nitrogen and oxygen atoms in total. The fourth-order valence-corrected chi connectivity index (χ4v) is 4.15. The van der Waals surface area contributed by atoms with Crippen molar-refractivity contribution in [1.82, 2.24) is 0 Å². The van der Waals surface area contributed by atoms with E-state index in [0.717, 1.165) is 0 Å². The van der Waals surface area contributed by atoms with Crippen molar-refractivity contribution in [1.29, 1.82) is 0 Å². The molecule has 8 heteroatoms. The van der Waals surface area contributed by atoms with Gasteiger partial charge in [0.2, 0.25) is 0 Å². The lowest BCUT2D eigenvalue weighted by atomic mass is 9.61. The highest BCUT2D eigenvalue weighted by atomic mass is 16.5. The van der Waals surface area contributed by atoms with E-state index in [1.54, 1.807) is 18.2 Å². The van der Waals surface area contributed by atoms with Crippen molar-refractivity contribution in [3.63, 3.8) is 0 Å². The third-order valence-electron chi connectivity index (χ3n) is 5.69. The van der Waals surface area contributed by atoms with Gasteiger partial charge in [-0.2, -0.15) is 0 Å². The van der Waals surface area contributed by atoms with Gasteiger partial charge in [0.05, 0.1) is 39.0 Å². The highest BCUT2D eigenvalue weighted by molar-refractivity contribution is 6.02. The minimum absolute atomic E-state index is 0.0714. The average Bonchev–Trinajstić information content (AvgIpc) is 2.74. The van der Waals surface area contributed by atoms with E-state index < -0.39 is 41.1 Å². The van der Waals surface area contributed by atoms with E-state index in [1.165, 1.54) is 21.1 Å². The van der Waals surface area contributed by atoms with Crippen molar-refractivity contribution in [2.45, 2.75) is 52.6 Å². The van der Waals surface area contributed by atoms with E-state index in [0.29, 0.717) is 17.1 Å². The molecule has 0 aliphatic heterocycles. The molecule has 2 rings (SSSR count). The normalized spacial score (nSPS) is 25.2. The fraction of sp³-hybridized carbons (Fsp3) is 0.640. The lowest BCUT2D eigenvalue weighted by molar-refractivity contribution is -0.173. The summed E-state index contributed by atoms with van der Waals surface area (Å²) in [7, 11) is 2.96. The summed E-state index contributed by atoms with van der Waals surface area (Å²) in [6, 6.07) is 4.91. The van der Waals surface area contributed by atoms with Crippen LogP contribution in [0.2, 0.25) is 0 Å². The average molecular weight is 465 g/mol. The molecule has 33 heavy (non-hydrogen) atoms. The lowest BCUT2D eigenvalue weighted by Crippen LogP contribution is -2.55.